The second-order valence-corrected chi connectivity index (χ2v) is 4.86. The Morgan fingerprint density at radius 2 is 2.31 bits per heavy atom. The van der Waals surface area contributed by atoms with Gasteiger partial charge in [0.05, 0.1) is 12.2 Å². The fourth-order valence-electron chi connectivity index (χ4n) is 1.54. The van der Waals surface area contributed by atoms with Crippen molar-refractivity contribution in [3.8, 4) is 0 Å². The van der Waals surface area contributed by atoms with Crippen LogP contribution >= 0.6 is 11.8 Å². The molecule has 0 spiro atoms. The fourth-order valence-corrected chi connectivity index (χ4v) is 2.52. The van der Waals surface area contributed by atoms with Crippen LogP contribution < -0.4 is 5.32 Å². The van der Waals surface area contributed by atoms with Crippen LogP contribution in [0.2, 0.25) is 0 Å². The third kappa shape index (κ3) is 3.21. The van der Waals surface area contributed by atoms with E-state index < -0.39 is 0 Å². The normalized spacial score (nSPS) is 17.0. The first kappa shape index (κ1) is 11.4. The molecule has 0 saturated carbocycles. The maximum Gasteiger partial charge on any atom is 0.253 e. The predicted octanol–water partition coefficient (Wildman–Crippen LogP) is 0.818. The molecule has 1 aliphatic heterocycles. The minimum atomic E-state index is -0.0497. The van der Waals surface area contributed by atoms with Gasteiger partial charge in [0.15, 0.2) is 0 Å². The second kappa shape index (κ2) is 5.86. The van der Waals surface area contributed by atoms with Crippen molar-refractivity contribution in [1.82, 2.24) is 15.2 Å². The van der Waals surface area contributed by atoms with Gasteiger partial charge in [-0.15, -0.1) is 0 Å². The number of thioether (sulfide) groups is 1. The SMILES string of the molecule is O=C(NCN1CCSCC1)c1cccnc1. The summed E-state index contributed by atoms with van der Waals surface area (Å²) in [5.41, 5.74) is 0.619. The molecular formula is C11H15N3OS. The van der Waals surface area contributed by atoms with Gasteiger partial charge in [0.2, 0.25) is 0 Å². The molecule has 0 atom stereocenters. The highest BCUT2D eigenvalue weighted by atomic mass is 32.2. The van der Waals surface area contributed by atoms with Crippen molar-refractivity contribution in [2.24, 2.45) is 0 Å². The Morgan fingerprint density at radius 3 is 3.00 bits per heavy atom. The standard InChI is InChI=1S/C11H15N3OS/c15-11(10-2-1-3-12-8-10)13-9-14-4-6-16-7-5-14/h1-3,8H,4-7,9H2,(H,13,15). The lowest BCUT2D eigenvalue weighted by molar-refractivity contribution is 0.0925. The molecule has 0 bridgehead atoms. The monoisotopic (exact) mass is 237 g/mol. The van der Waals surface area contributed by atoms with E-state index in [4.69, 9.17) is 0 Å². The molecule has 1 amide bonds. The lowest BCUT2D eigenvalue weighted by atomic mass is 10.3. The van der Waals surface area contributed by atoms with Crippen LogP contribution in [0.4, 0.5) is 0 Å². The van der Waals surface area contributed by atoms with Crippen LogP contribution in [0.1, 0.15) is 10.4 Å². The van der Waals surface area contributed by atoms with E-state index in [0.29, 0.717) is 12.2 Å². The molecule has 1 aromatic rings. The summed E-state index contributed by atoms with van der Waals surface area (Å²) in [7, 11) is 0. The van der Waals surface area contributed by atoms with Crippen molar-refractivity contribution < 1.29 is 4.79 Å². The summed E-state index contributed by atoms with van der Waals surface area (Å²) in [6.45, 7) is 2.74. The molecule has 0 aliphatic carbocycles. The van der Waals surface area contributed by atoms with Crippen LogP contribution in [0, 0.1) is 0 Å². The third-order valence-electron chi connectivity index (χ3n) is 2.49. The summed E-state index contributed by atoms with van der Waals surface area (Å²) in [6.07, 6.45) is 3.25. The van der Waals surface area contributed by atoms with Crippen molar-refractivity contribution in [2.75, 3.05) is 31.3 Å². The molecule has 1 fully saturated rings. The van der Waals surface area contributed by atoms with E-state index >= 15 is 0 Å². The van der Waals surface area contributed by atoms with Gasteiger partial charge in [0.1, 0.15) is 0 Å². The molecule has 5 heteroatoms. The fraction of sp³-hybridized carbons (Fsp3) is 0.455. The van der Waals surface area contributed by atoms with Gasteiger partial charge in [-0.2, -0.15) is 11.8 Å². The molecule has 1 aromatic heterocycles. The van der Waals surface area contributed by atoms with E-state index in [1.165, 1.54) is 0 Å². The minimum Gasteiger partial charge on any atom is -0.339 e. The first-order chi connectivity index (χ1) is 7.86. The van der Waals surface area contributed by atoms with E-state index in [1.54, 1.807) is 24.5 Å². The molecule has 4 nitrogen and oxygen atoms in total. The zero-order chi connectivity index (χ0) is 11.2. The smallest absolute Gasteiger partial charge is 0.253 e. The maximum absolute atomic E-state index is 11.7. The quantitative estimate of drug-likeness (QED) is 0.845. The van der Waals surface area contributed by atoms with Gasteiger partial charge < -0.3 is 5.32 Å². The van der Waals surface area contributed by atoms with Gasteiger partial charge in [-0.3, -0.25) is 14.7 Å². The zero-order valence-corrected chi connectivity index (χ0v) is 9.87. The first-order valence-corrected chi connectivity index (χ1v) is 6.50. The molecular weight excluding hydrogens is 222 g/mol. The topological polar surface area (TPSA) is 45.2 Å². The van der Waals surface area contributed by atoms with Gasteiger partial charge in [-0.1, -0.05) is 0 Å². The Hall–Kier alpha value is -1.07. The minimum absolute atomic E-state index is 0.0497. The Bertz CT molecular complexity index is 338. The van der Waals surface area contributed by atoms with Gasteiger partial charge in [0.25, 0.3) is 5.91 Å². The second-order valence-electron chi connectivity index (χ2n) is 3.64. The Balaban J connectivity index is 1.79. The molecule has 0 aromatic carbocycles. The van der Waals surface area contributed by atoms with E-state index in [1.807, 2.05) is 11.8 Å². The van der Waals surface area contributed by atoms with Crippen molar-refractivity contribution >= 4 is 17.7 Å². The number of nitrogens with one attached hydrogen (secondary N) is 1. The Kier molecular flexibility index (Phi) is 4.18. The molecule has 86 valence electrons. The number of amides is 1. The van der Waals surface area contributed by atoms with Crippen LogP contribution in [-0.2, 0) is 0 Å². The summed E-state index contributed by atoms with van der Waals surface area (Å²) >= 11 is 1.96. The summed E-state index contributed by atoms with van der Waals surface area (Å²) in [6, 6.07) is 3.54. The zero-order valence-electron chi connectivity index (χ0n) is 9.06. The van der Waals surface area contributed by atoms with Crippen LogP contribution in [-0.4, -0.2) is 47.1 Å². The number of nitrogens with zero attached hydrogens (tertiary/aromatic N) is 2. The molecule has 2 heterocycles. The molecule has 1 aliphatic rings. The molecule has 1 saturated heterocycles. The van der Waals surface area contributed by atoms with E-state index in [-0.39, 0.29) is 5.91 Å². The number of rotatable bonds is 3. The highest BCUT2D eigenvalue weighted by Crippen LogP contribution is 2.07. The van der Waals surface area contributed by atoms with Crippen molar-refractivity contribution in [1.29, 1.82) is 0 Å². The van der Waals surface area contributed by atoms with Crippen LogP contribution in [0.15, 0.2) is 24.5 Å². The Morgan fingerprint density at radius 1 is 1.50 bits per heavy atom. The lowest BCUT2D eigenvalue weighted by Crippen LogP contribution is -2.41. The molecule has 16 heavy (non-hydrogen) atoms. The molecule has 0 unspecified atom stereocenters. The van der Waals surface area contributed by atoms with Crippen molar-refractivity contribution in [3.63, 3.8) is 0 Å². The average Bonchev–Trinajstić information content (AvgIpc) is 2.38. The highest BCUT2D eigenvalue weighted by molar-refractivity contribution is 7.99. The third-order valence-corrected chi connectivity index (χ3v) is 3.43. The van der Waals surface area contributed by atoms with Gasteiger partial charge in [0, 0.05) is 37.0 Å². The number of hydrogen-bond donors (Lipinski definition) is 1. The summed E-state index contributed by atoms with van der Waals surface area (Å²) in [5.74, 6) is 2.26. The van der Waals surface area contributed by atoms with E-state index in [2.05, 4.69) is 15.2 Å². The highest BCUT2D eigenvalue weighted by Gasteiger charge is 2.11. The summed E-state index contributed by atoms with van der Waals surface area (Å²) in [4.78, 5) is 17.9. The summed E-state index contributed by atoms with van der Waals surface area (Å²) in [5, 5.41) is 2.91. The lowest BCUT2D eigenvalue weighted by Gasteiger charge is -2.26. The van der Waals surface area contributed by atoms with Gasteiger partial charge in [-0.05, 0) is 12.1 Å². The summed E-state index contributed by atoms with van der Waals surface area (Å²) < 4.78 is 0. The molecule has 0 radical (unpaired) electrons. The predicted molar refractivity (Wildman–Crippen MR) is 65.5 cm³/mol. The maximum atomic E-state index is 11.7. The van der Waals surface area contributed by atoms with Crippen molar-refractivity contribution in [2.45, 2.75) is 0 Å². The van der Waals surface area contributed by atoms with Gasteiger partial charge >= 0.3 is 0 Å². The number of carbonyl (C=O) groups excluding carboxylic acids is 1. The molecule has 2 rings (SSSR count). The number of aromatic nitrogens is 1. The Labute approximate surface area is 99.4 Å². The van der Waals surface area contributed by atoms with E-state index in [0.717, 1.165) is 24.6 Å². The van der Waals surface area contributed by atoms with E-state index in [9.17, 15) is 4.79 Å². The number of carbonyl (C=O) groups is 1. The number of pyridine rings is 1. The average molecular weight is 237 g/mol. The van der Waals surface area contributed by atoms with Crippen LogP contribution in [0.25, 0.3) is 0 Å². The van der Waals surface area contributed by atoms with Crippen LogP contribution in [0.5, 0.6) is 0 Å². The van der Waals surface area contributed by atoms with Gasteiger partial charge in [-0.25, -0.2) is 0 Å². The van der Waals surface area contributed by atoms with Crippen LogP contribution in [0.3, 0.4) is 0 Å². The first-order valence-electron chi connectivity index (χ1n) is 5.34. The number of hydrogen-bond acceptors (Lipinski definition) is 4. The molecule has 1 N–H and O–H groups in total. The largest absolute Gasteiger partial charge is 0.339 e. The van der Waals surface area contributed by atoms with Crippen molar-refractivity contribution in [3.05, 3.63) is 30.1 Å².